The van der Waals surface area contributed by atoms with Crippen LogP contribution in [0.5, 0.6) is 0 Å². The summed E-state index contributed by atoms with van der Waals surface area (Å²) >= 11 is 0. The molecule has 2 unspecified atom stereocenters. The van der Waals surface area contributed by atoms with Crippen molar-refractivity contribution >= 4 is 11.4 Å². The molecule has 0 aliphatic heterocycles. The molecule has 5 rings (SSSR count). The number of benzene rings is 4. The van der Waals surface area contributed by atoms with Crippen molar-refractivity contribution in [3.63, 3.8) is 0 Å². The van der Waals surface area contributed by atoms with Crippen molar-refractivity contribution in [1.82, 2.24) is 0 Å². The fourth-order valence-corrected chi connectivity index (χ4v) is 7.05. The number of hydrogen-bond acceptors (Lipinski definition) is 2. The van der Waals surface area contributed by atoms with Crippen LogP contribution in [0.4, 0.5) is 11.4 Å². The molecular formula is C38H46N2. The van der Waals surface area contributed by atoms with Gasteiger partial charge in [-0.05, 0) is 83.3 Å². The maximum absolute atomic E-state index is 5.98. The lowest BCUT2D eigenvalue weighted by Crippen LogP contribution is -2.30. The third kappa shape index (κ3) is 5.97. The second-order valence-electron chi connectivity index (χ2n) is 11.9. The Morgan fingerprint density at radius 3 is 1.15 bits per heavy atom. The Balaban J connectivity index is 1.45. The molecule has 0 saturated heterocycles. The van der Waals surface area contributed by atoms with Gasteiger partial charge in [0.2, 0.25) is 0 Å². The summed E-state index contributed by atoms with van der Waals surface area (Å²) in [6, 6.07) is 36.3. The summed E-state index contributed by atoms with van der Waals surface area (Å²) in [5, 5.41) is 0. The molecule has 2 nitrogen and oxygen atoms in total. The number of nitrogen functional groups attached to an aromatic ring is 2. The van der Waals surface area contributed by atoms with Gasteiger partial charge in [0, 0.05) is 28.6 Å². The zero-order chi connectivity index (χ0) is 28.0. The summed E-state index contributed by atoms with van der Waals surface area (Å²) < 4.78 is 0. The van der Waals surface area contributed by atoms with Crippen LogP contribution in [0.25, 0.3) is 0 Å². The first kappa shape index (κ1) is 28.0. The molecule has 0 heterocycles. The van der Waals surface area contributed by atoms with Crippen LogP contribution in [0.3, 0.4) is 0 Å². The predicted octanol–water partition coefficient (Wildman–Crippen LogP) is 9.97. The van der Waals surface area contributed by atoms with Crippen molar-refractivity contribution in [2.24, 2.45) is 0 Å². The molecule has 40 heavy (non-hydrogen) atoms. The monoisotopic (exact) mass is 530 g/mol. The molecule has 0 amide bonds. The van der Waals surface area contributed by atoms with Crippen LogP contribution in [-0.4, -0.2) is 0 Å². The van der Waals surface area contributed by atoms with E-state index in [2.05, 4.69) is 86.6 Å². The lowest BCUT2D eigenvalue weighted by atomic mass is 9.65. The fraction of sp³-hybridized carbons (Fsp3) is 0.368. The van der Waals surface area contributed by atoms with E-state index in [0.717, 1.165) is 37.1 Å². The van der Waals surface area contributed by atoms with Gasteiger partial charge in [0.05, 0.1) is 0 Å². The Hall–Kier alpha value is -3.52. The van der Waals surface area contributed by atoms with Crippen LogP contribution in [0.2, 0.25) is 0 Å². The van der Waals surface area contributed by atoms with E-state index in [1.54, 1.807) is 0 Å². The number of nitrogens with two attached hydrogens (primary N) is 2. The Kier molecular flexibility index (Phi) is 8.94. The van der Waals surface area contributed by atoms with Crippen molar-refractivity contribution in [2.45, 2.75) is 88.9 Å². The summed E-state index contributed by atoms with van der Waals surface area (Å²) in [6.07, 6.45) is 10.9. The summed E-state index contributed by atoms with van der Waals surface area (Å²) in [6.45, 7) is 4.55. The summed E-state index contributed by atoms with van der Waals surface area (Å²) in [7, 11) is 0. The third-order valence-corrected chi connectivity index (χ3v) is 9.27. The molecular weight excluding hydrogens is 484 g/mol. The van der Waals surface area contributed by atoms with Gasteiger partial charge in [0.1, 0.15) is 0 Å². The molecule has 0 aromatic heterocycles. The average molecular weight is 531 g/mol. The highest BCUT2D eigenvalue weighted by Gasteiger charge is 2.36. The van der Waals surface area contributed by atoms with Gasteiger partial charge in [-0.1, -0.05) is 119 Å². The average Bonchev–Trinajstić information content (AvgIpc) is 3.00. The molecule has 4 aromatic rings. The second kappa shape index (κ2) is 12.8. The number of hydrogen-bond donors (Lipinski definition) is 2. The summed E-state index contributed by atoms with van der Waals surface area (Å²) in [4.78, 5) is 0. The Morgan fingerprint density at radius 2 is 0.825 bits per heavy atom. The van der Waals surface area contributed by atoms with Gasteiger partial charge in [-0.25, -0.2) is 0 Å². The number of rotatable bonds is 10. The van der Waals surface area contributed by atoms with E-state index in [4.69, 9.17) is 11.5 Å². The van der Waals surface area contributed by atoms with E-state index in [1.807, 2.05) is 24.3 Å². The first-order valence-corrected chi connectivity index (χ1v) is 15.5. The van der Waals surface area contributed by atoms with E-state index in [1.165, 1.54) is 65.5 Å². The van der Waals surface area contributed by atoms with E-state index in [0.29, 0.717) is 11.8 Å². The van der Waals surface area contributed by atoms with Crippen LogP contribution >= 0.6 is 0 Å². The molecule has 2 atom stereocenters. The van der Waals surface area contributed by atoms with Crippen LogP contribution in [0.15, 0.2) is 97.1 Å². The molecule has 4 N–H and O–H groups in total. The Bertz CT molecular complexity index is 1230. The lowest BCUT2D eigenvalue weighted by Gasteiger charge is -2.39. The lowest BCUT2D eigenvalue weighted by molar-refractivity contribution is 0.346. The smallest absolute Gasteiger partial charge is 0.0314 e. The minimum Gasteiger partial charge on any atom is -0.399 e. The quantitative estimate of drug-likeness (QED) is 0.200. The molecule has 1 aliphatic rings. The van der Waals surface area contributed by atoms with E-state index in [-0.39, 0.29) is 5.41 Å². The van der Waals surface area contributed by atoms with Gasteiger partial charge in [0.15, 0.2) is 0 Å². The first-order chi connectivity index (χ1) is 19.5. The third-order valence-electron chi connectivity index (χ3n) is 9.27. The molecule has 0 bridgehead atoms. The van der Waals surface area contributed by atoms with Crippen LogP contribution in [-0.2, 0) is 5.41 Å². The summed E-state index contributed by atoms with van der Waals surface area (Å²) in [5.74, 6) is 0.815. The normalized spacial score (nSPS) is 16.4. The molecule has 0 radical (unpaired) electrons. The van der Waals surface area contributed by atoms with Crippen molar-refractivity contribution in [3.8, 4) is 0 Å². The summed E-state index contributed by atoms with van der Waals surface area (Å²) in [5.41, 5.74) is 22.2. The topological polar surface area (TPSA) is 52.0 Å². The van der Waals surface area contributed by atoms with Gasteiger partial charge in [-0.2, -0.15) is 0 Å². The maximum atomic E-state index is 5.98. The highest BCUT2D eigenvalue weighted by atomic mass is 14.5. The molecule has 2 heteroatoms. The second-order valence-corrected chi connectivity index (χ2v) is 11.9. The van der Waals surface area contributed by atoms with E-state index >= 15 is 0 Å². The maximum Gasteiger partial charge on any atom is 0.0314 e. The fourth-order valence-electron chi connectivity index (χ4n) is 7.05. The van der Waals surface area contributed by atoms with Crippen molar-refractivity contribution in [1.29, 1.82) is 0 Å². The van der Waals surface area contributed by atoms with Gasteiger partial charge in [-0.15, -0.1) is 0 Å². The van der Waals surface area contributed by atoms with Crippen molar-refractivity contribution in [3.05, 3.63) is 130 Å². The number of anilines is 2. The minimum absolute atomic E-state index is 0.0954. The van der Waals surface area contributed by atoms with Gasteiger partial charge in [-0.3, -0.25) is 0 Å². The van der Waals surface area contributed by atoms with E-state index in [9.17, 15) is 0 Å². The van der Waals surface area contributed by atoms with Crippen molar-refractivity contribution in [2.75, 3.05) is 11.5 Å². The standard InChI is InChI=1S/C38H46N2/c1-3-8-36(30-14-22-34(39)23-15-30)28-10-18-32(19-11-28)38(26-6-5-7-27-38)33-20-12-29(13-21-33)37(9-4-2)31-16-24-35(40)25-17-31/h10-25,36-37H,3-9,26-27,39-40H2,1-2H3. The Morgan fingerprint density at radius 1 is 0.500 bits per heavy atom. The SMILES string of the molecule is CCCC(c1ccc(N)cc1)c1ccc(C2(c3ccc(C(CCC)c4ccc(N)cc4)cc3)CCCCC2)cc1. The molecule has 208 valence electrons. The molecule has 1 aliphatic carbocycles. The molecule has 1 saturated carbocycles. The highest BCUT2D eigenvalue weighted by molar-refractivity contribution is 5.47. The zero-order valence-electron chi connectivity index (χ0n) is 24.4. The largest absolute Gasteiger partial charge is 0.399 e. The van der Waals surface area contributed by atoms with Crippen LogP contribution in [0, 0.1) is 0 Å². The van der Waals surface area contributed by atoms with Gasteiger partial charge in [0.25, 0.3) is 0 Å². The van der Waals surface area contributed by atoms with E-state index < -0.39 is 0 Å². The highest BCUT2D eigenvalue weighted by Crippen LogP contribution is 2.46. The van der Waals surface area contributed by atoms with Gasteiger partial charge < -0.3 is 11.5 Å². The van der Waals surface area contributed by atoms with Crippen LogP contribution < -0.4 is 11.5 Å². The minimum atomic E-state index is 0.0954. The Labute approximate surface area is 241 Å². The molecule has 0 spiro atoms. The first-order valence-electron chi connectivity index (χ1n) is 15.5. The van der Waals surface area contributed by atoms with Crippen LogP contribution in [0.1, 0.15) is 117 Å². The predicted molar refractivity (Wildman–Crippen MR) is 172 cm³/mol. The zero-order valence-corrected chi connectivity index (χ0v) is 24.4. The molecule has 1 fully saturated rings. The molecule has 4 aromatic carbocycles. The van der Waals surface area contributed by atoms with Crippen molar-refractivity contribution < 1.29 is 0 Å². The van der Waals surface area contributed by atoms with Gasteiger partial charge >= 0.3 is 0 Å².